The number of nitrogens with one attached hydrogen (secondary N) is 1. The molecular formula is C26H29FN4O3. The molecule has 4 rings (SSSR count). The molecule has 1 fully saturated rings. The van der Waals surface area contributed by atoms with Gasteiger partial charge in [0.25, 0.3) is 0 Å². The van der Waals surface area contributed by atoms with E-state index in [1.54, 1.807) is 34.0 Å². The molecular weight excluding hydrogens is 435 g/mol. The Bertz CT molecular complexity index is 1130. The second-order valence-electron chi connectivity index (χ2n) is 8.44. The number of aryl methyl sites for hydroxylation is 1. The molecule has 2 amide bonds. The molecule has 2 heterocycles. The standard InChI is InChI=1S/C26H29FN4O3/c1-19-28-12-14-31(19)24-10-9-20(16-23(24)27)17-29-26(33)21-6-5-13-30(18-21)25(32)11-15-34-22-7-3-2-4-8-22/h2-4,7-10,12,14,16,21H,5-6,11,13,15,17-18H2,1H3,(H,29,33). The maximum Gasteiger partial charge on any atom is 0.226 e. The number of hydrogen-bond donors (Lipinski definition) is 1. The zero-order chi connectivity index (χ0) is 23.9. The van der Waals surface area contributed by atoms with Crippen LogP contribution in [0.25, 0.3) is 5.69 Å². The van der Waals surface area contributed by atoms with Gasteiger partial charge in [0.05, 0.1) is 24.6 Å². The third-order valence-electron chi connectivity index (χ3n) is 6.04. The number of hydrogen-bond acceptors (Lipinski definition) is 4. The monoisotopic (exact) mass is 464 g/mol. The van der Waals surface area contributed by atoms with Crippen molar-refractivity contribution in [2.45, 2.75) is 32.7 Å². The molecule has 3 aromatic rings. The van der Waals surface area contributed by atoms with Crippen LogP contribution in [0.4, 0.5) is 4.39 Å². The van der Waals surface area contributed by atoms with Crippen molar-refractivity contribution in [2.24, 2.45) is 5.92 Å². The molecule has 1 unspecified atom stereocenters. The summed E-state index contributed by atoms with van der Waals surface area (Å²) >= 11 is 0. The topological polar surface area (TPSA) is 76.5 Å². The zero-order valence-corrected chi connectivity index (χ0v) is 19.2. The number of halogens is 1. The summed E-state index contributed by atoms with van der Waals surface area (Å²) in [7, 11) is 0. The van der Waals surface area contributed by atoms with Crippen molar-refractivity contribution >= 4 is 11.8 Å². The number of ether oxygens (including phenoxy) is 1. The van der Waals surface area contributed by atoms with Gasteiger partial charge in [-0.2, -0.15) is 0 Å². The average Bonchev–Trinajstić information content (AvgIpc) is 3.28. The minimum absolute atomic E-state index is 0.0131. The Morgan fingerprint density at radius 2 is 2.03 bits per heavy atom. The predicted molar refractivity (Wildman–Crippen MR) is 126 cm³/mol. The van der Waals surface area contributed by atoms with Gasteiger partial charge in [-0.05, 0) is 49.6 Å². The average molecular weight is 465 g/mol. The van der Waals surface area contributed by atoms with Gasteiger partial charge in [0, 0.05) is 32.0 Å². The molecule has 1 atom stereocenters. The van der Waals surface area contributed by atoms with Gasteiger partial charge in [-0.1, -0.05) is 24.3 Å². The van der Waals surface area contributed by atoms with Crippen molar-refractivity contribution in [1.82, 2.24) is 19.8 Å². The number of carbonyl (C=O) groups excluding carboxylic acids is 2. The molecule has 8 heteroatoms. The van der Waals surface area contributed by atoms with Crippen LogP contribution < -0.4 is 10.1 Å². The fraction of sp³-hybridized carbons (Fsp3) is 0.346. The summed E-state index contributed by atoms with van der Waals surface area (Å²) < 4.78 is 21.9. The third kappa shape index (κ3) is 5.81. The number of nitrogens with zero attached hydrogens (tertiary/aromatic N) is 3. The Hall–Kier alpha value is -3.68. The number of rotatable bonds is 8. The molecule has 0 aliphatic carbocycles. The lowest BCUT2D eigenvalue weighted by atomic mass is 9.96. The summed E-state index contributed by atoms with van der Waals surface area (Å²) in [4.78, 5) is 31.2. The Morgan fingerprint density at radius 3 is 2.76 bits per heavy atom. The Kier molecular flexibility index (Phi) is 7.57. The van der Waals surface area contributed by atoms with Crippen molar-refractivity contribution in [1.29, 1.82) is 0 Å². The summed E-state index contributed by atoms with van der Waals surface area (Å²) in [6.07, 6.45) is 5.10. The number of likely N-dealkylation sites (tertiary alicyclic amines) is 1. The molecule has 178 valence electrons. The normalized spacial score (nSPS) is 15.7. The van der Waals surface area contributed by atoms with E-state index in [0.29, 0.717) is 36.8 Å². The molecule has 0 radical (unpaired) electrons. The quantitative estimate of drug-likeness (QED) is 0.552. The summed E-state index contributed by atoms with van der Waals surface area (Å²) in [6.45, 7) is 3.38. The number of benzene rings is 2. The van der Waals surface area contributed by atoms with Gasteiger partial charge < -0.3 is 19.5 Å². The van der Waals surface area contributed by atoms with Gasteiger partial charge in [0.1, 0.15) is 17.4 Å². The van der Waals surface area contributed by atoms with Gasteiger partial charge in [-0.3, -0.25) is 9.59 Å². The van der Waals surface area contributed by atoms with E-state index >= 15 is 0 Å². The molecule has 0 saturated carbocycles. The number of aromatic nitrogens is 2. The van der Waals surface area contributed by atoms with Gasteiger partial charge in [0.2, 0.25) is 11.8 Å². The summed E-state index contributed by atoms with van der Waals surface area (Å²) in [5, 5.41) is 2.90. The van der Waals surface area contributed by atoms with Crippen LogP contribution >= 0.6 is 0 Å². The van der Waals surface area contributed by atoms with Crippen LogP contribution in [0.2, 0.25) is 0 Å². The number of piperidine rings is 1. The van der Waals surface area contributed by atoms with E-state index in [1.807, 2.05) is 37.3 Å². The maximum atomic E-state index is 14.6. The third-order valence-corrected chi connectivity index (χ3v) is 6.04. The molecule has 1 saturated heterocycles. The van der Waals surface area contributed by atoms with Crippen LogP contribution in [0.1, 0.15) is 30.7 Å². The highest BCUT2D eigenvalue weighted by Crippen LogP contribution is 2.19. The Morgan fingerprint density at radius 1 is 1.21 bits per heavy atom. The zero-order valence-electron chi connectivity index (χ0n) is 19.2. The van der Waals surface area contributed by atoms with E-state index < -0.39 is 0 Å². The number of carbonyl (C=O) groups is 2. The molecule has 1 aliphatic rings. The first-order valence-corrected chi connectivity index (χ1v) is 11.5. The molecule has 0 spiro atoms. The fourth-order valence-corrected chi connectivity index (χ4v) is 4.17. The first-order valence-electron chi connectivity index (χ1n) is 11.5. The first-order chi connectivity index (χ1) is 16.5. The van der Waals surface area contributed by atoms with Crippen LogP contribution in [-0.4, -0.2) is 46.0 Å². The SMILES string of the molecule is Cc1nccn1-c1ccc(CNC(=O)C2CCCN(C(=O)CCOc3ccccc3)C2)cc1F. The van der Waals surface area contributed by atoms with Gasteiger partial charge in [-0.15, -0.1) is 0 Å². The van der Waals surface area contributed by atoms with E-state index in [1.165, 1.54) is 6.07 Å². The highest BCUT2D eigenvalue weighted by molar-refractivity contribution is 5.81. The van der Waals surface area contributed by atoms with Crippen LogP contribution in [-0.2, 0) is 16.1 Å². The Balaban J connectivity index is 1.25. The van der Waals surface area contributed by atoms with Gasteiger partial charge >= 0.3 is 0 Å². The lowest BCUT2D eigenvalue weighted by molar-refractivity contribution is -0.136. The van der Waals surface area contributed by atoms with Crippen LogP contribution in [0, 0.1) is 18.7 Å². The largest absolute Gasteiger partial charge is 0.493 e. The predicted octanol–water partition coefficient (Wildman–Crippen LogP) is 3.64. The summed E-state index contributed by atoms with van der Waals surface area (Å²) in [6, 6.07) is 14.3. The van der Waals surface area contributed by atoms with E-state index in [9.17, 15) is 14.0 Å². The second kappa shape index (κ2) is 11.0. The van der Waals surface area contributed by atoms with Crippen LogP contribution in [0.15, 0.2) is 60.9 Å². The van der Waals surface area contributed by atoms with Gasteiger partial charge in [0.15, 0.2) is 0 Å². The van der Waals surface area contributed by atoms with E-state index in [-0.39, 0.29) is 36.5 Å². The van der Waals surface area contributed by atoms with E-state index in [0.717, 1.165) is 18.6 Å². The first kappa shape index (κ1) is 23.5. The summed E-state index contributed by atoms with van der Waals surface area (Å²) in [5.41, 5.74) is 1.09. The summed E-state index contributed by atoms with van der Waals surface area (Å²) in [5.74, 6) is 0.651. The Labute approximate surface area is 198 Å². The molecule has 1 N–H and O–H groups in total. The number of para-hydroxylation sites is 1. The second-order valence-corrected chi connectivity index (χ2v) is 8.44. The van der Waals surface area contributed by atoms with Crippen molar-refractivity contribution in [3.8, 4) is 11.4 Å². The smallest absolute Gasteiger partial charge is 0.226 e. The van der Waals surface area contributed by atoms with Crippen LogP contribution in [0.3, 0.4) is 0 Å². The maximum absolute atomic E-state index is 14.6. The van der Waals surface area contributed by atoms with E-state index in [2.05, 4.69) is 10.3 Å². The molecule has 2 aromatic carbocycles. The fourth-order valence-electron chi connectivity index (χ4n) is 4.17. The molecule has 1 aliphatic heterocycles. The van der Waals surface area contributed by atoms with Crippen molar-refractivity contribution in [3.63, 3.8) is 0 Å². The van der Waals surface area contributed by atoms with Crippen molar-refractivity contribution in [3.05, 3.63) is 78.1 Å². The van der Waals surface area contributed by atoms with Crippen LogP contribution in [0.5, 0.6) is 5.75 Å². The number of imidazole rings is 1. The lowest BCUT2D eigenvalue weighted by Crippen LogP contribution is -2.45. The lowest BCUT2D eigenvalue weighted by Gasteiger charge is -2.32. The number of amides is 2. The van der Waals surface area contributed by atoms with Crippen molar-refractivity contribution in [2.75, 3.05) is 19.7 Å². The molecule has 1 aromatic heterocycles. The molecule has 0 bridgehead atoms. The van der Waals surface area contributed by atoms with Gasteiger partial charge in [-0.25, -0.2) is 9.37 Å². The molecule has 34 heavy (non-hydrogen) atoms. The van der Waals surface area contributed by atoms with E-state index in [4.69, 9.17) is 4.74 Å². The highest BCUT2D eigenvalue weighted by atomic mass is 19.1. The minimum atomic E-state index is -0.375. The molecule has 7 nitrogen and oxygen atoms in total. The minimum Gasteiger partial charge on any atom is -0.493 e. The van der Waals surface area contributed by atoms with Crippen molar-refractivity contribution < 1.29 is 18.7 Å². The highest BCUT2D eigenvalue weighted by Gasteiger charge is 2.28.